The van der Waals surface area contributed by atoms with Gasteiger partial charge in [-0.05, 0) is 44.4 Å². The summed E-state index contributed by atoms with van der Waals surface area (Å²) in [6.07, 6.45) is 2.71. The number of ether oxygens (including phenoxy) is 1. The van der Waals surface area contributed by atoms with Crippen LogP contribution in [0.15, 0.2) is 24.3 Å². The summed E-state index contributed by atoms with van der Waals surface area (Å²) >= 11 is 0. The van der Waals surface area contributed by atoms with E-state index in [1.165, 1.54) is 10.6 Å². The highest BCUT2D eigenvalue weighted by atomic mass is 32.2. The first kappa shape index (κ1) is 18.7. The average Bonchev–Trinajstić information content (AvgIpc) is 2.51. The predicted octanol–water partition coefficient (Wildman–Crippen LogP) is 1.76. The standard InChI is InChI=1S/C17H26N2O4S/c1-13(2)23-16-8-4-6-14(10-16)11-18-17(20)15-7-5-9-19(12-15)24(3,21)22/h4,6,8,10,13,15H,5,7,9,11-12H2,1-3H3,(H,18,20). The van der Waals surface area contributed by atoms with Crippen LogP contribution in [0.4, 0.5) is 0 Å². The van der Waals surface area contributed by atoms with Crippen LogP contribution >= 0.6 is 0 Å². The lowest BCUT2D eigenvalue weighted by Crippen LogP contribution is -2.44. The molecule has 1 aromatic rings. The lowest BCUT2D eigenvalue weighted by molar-refractivity contribution is -0.126. The van der Waals surface area contributed by atoms with Gasteiger partial charge >= 0.3 is 0 Å². The minimum Gasteiger partial charge on any atom is -0.491 e. The molecule has 0 aromatic heterocycles. The van der Waals surface area contributed by atoms with Gasteiger partial charge in [0.25, 0.3) is 0 Å². The van der Waals surface area contributed by atoms with E-state index in [9.17, 15) is 13.2 Å². The largest absolute Gasteiger partial charge is 0.491 e. The van der Waals surface area contributed by atoms with Crippen molar-refractivity contribution < 1.29 is 17.9 Å². The zero-order valence-electron chi connectivity index (χ0n) is 14.5. The monoisotopic (exact) mass is 354 g/mol. The van der Waals surface area contributed by atoms with Crippen molar-refractivity contribution in [2.24, 2.45) is 5.92 Å². The third-order valence-electron chi connectivity index (χ3n) is 3.96. The molecule has 0 radical (unpaired) electrons. The summed E-state index contributed by atoms with van der Waals surface area (Å²) in [5.74, 6) is 0.389. The Morgan fingerprint density at radius 1 is 1.42 bits per heavy atom. The van der Waals surface area contributed by atoms with Crippen LogP contribution in [0.25, 0.3) is 0 Å². The van der Waals surface area contributed by atoms with Crippen molar-refractivity contribution in [3.63, 3.8) is 0 Å². The summed E-state index contributed by atoms with van der Waals surface area (Å²) in [7, 11) is -3.24. The molecular formula is C17H26N2O4S. The van der Waals surface area contributed by atoms with Crippen molar-refractivity contribution in [1.29, 1.82) is 0 Å². The van der Waals surface area contributed by atoms with Gasteiger partial charge in [0.15, 0.2) is 0 Å². The van der Waals surface area contributed by atoms with Gasteiger partial charge in [0.2, 0.25) is 15.9 Å². The second-order valence-corrected chi connectivity index (χ2v) is 8.47. The maximum Gasteiger partial charge on any atom is 0.224 e. The molecule has 1 amide bonds. The lowest BCUT2D eigenvalue weighted by Gasteiger charge is -2.30. The number of hydrogen-bond acceptors (Lipinski definition) is 4. The minimum atomic E-state index is -3.24. The molecule has 1 fully saturated rings. The maximum atomic E-state index is 12.3. The molecule has 6 nitrogen and oxygen atoms in total. The molecule has 1 N–H and O–H groups in total. The molecule has 7 heteroatoms. The Kier molecular flexibility index (Phi) is 6.23. The fraction of sp³-hybridized carbons (Fsp3) is 0.588. The highest BCUT2D eigenvalue weighted by Gasteiger charge is 2.29. The fourth-order valence-electron chi connectivity index (χ4n) is 2.79. The van der Waals surface area contributed by atoms with Crippen molar-refractivity contribution in [3.05, 3.63) is 29.8 Å². The van der Waals surface area contributed by atoms with E-state index in [-0.39, 0.29) is 24.5 Å². The zero-order chi connectivity index (χ0) is 17.7. The molecule has 1 heterocycles. The molecule has 1 aliphatic rings. The number of hydrogen-bond donors (Lipinski definition) is 1. The van der Waals surface area contributed by atoms with Crippen molar-refractivity contribution in [1.82, 2.24) is 9.62 Å². The second-order valence-electron chi connectivity index (χ2n) is 6.49. The van der Waals surface area contributed by atoms with Crippen molar-refractivity contribution in [2.45, 2.75) is 39.3 Å². The number of carbonyl (C=O) groups is 1. The first-order valence-corrected chi connectivity index (χ1v) is 10.1. The number of benzene rings is 1. The van der Waals surface area contributed by atoms with Gasteiger partial charge in [-0.2, -0.15) is 0 Å². The summed E-state index contributed by atoms with van der Waals surface area (Å²) in [4.78, 5) is 12.3. The van der Waals surface area contributed by atoms with E-state index in [2.05, 4.69) is 5.32 Å². The average molecular weight is 354 g/mol. The number of nitrogens with zero attached hydrogens (tertiary/aromatic N) is 1. The molecule has 2 rings (SSSR count). The topological polar surface area (TPSA) is 75.7 Å². The molecule has 1 aromatic carbocycles. The third-order valence-corrected chi connectivity index (χ3v) is 5.23. The Balaban J connectivity index is 1.91. The summed E-state index contributed by atoms with van der Waals surface area (Å²) in [6.45, 7) is 5.10. The number of piperidine rings is 1. The van der Waals surface area contributed by atoms with Gasteiger partial charge < -0.3 is 10.1 Å². The Morgan fingerprint density at radius 3 is 2.83 bits per heavy atom. The van der Waals surface area contributed by atoms with Crippen LogP contribution in [-0.2, 0) is 21.4 Å². The Hall–Kier alpha value is -1.60. The van der Waals surface area contributed by atoms with Crippen LogP contribution in [0.5, 0.6) is 5.75 Å². The van der Waals surface area contributed by atoms with E-state index in [1.807, 2.05) is 38.1 Å². The number of nitrogens with one attached hydrogen (secondary N) is 1. The van der Waals surface area contributed by atoms with E-state index >= 15 is 0 Å². The van der Waals surface area contributed by atoms with Gasteiger partial charge in [-0.1, -0.05) is 12.1 Å². The van der Waals surface area contributed by atoms with E-state index in [1.54, 1.807) is 0 Å². The van der Waals surface area contributed by atoms with Crippen LogP contribution in [0, 0.1) is 5.92 Å². The number of carbonyl (C=O) groups excluding carboxylic acids is 1. The van der Waals surface area contributed by atoms with Crippen LogP contribution < -0.4 is 10.1 Å². The van der Waals surface area contributed by atoms with Crippen molar-refractivity contribution in [2.75, 3.05) is 19.3 Å². The van der Waals surface area contributed by atoms with E-state index in [0.717, 1.165) is 11.3 Å². The first-order chi connectivity index (χ1) is 11.3. The first-order valence-electron chi connectivity index (χ1n) is 8.24. The van der Waals surface area contributed by atoms with Gasteiger partial charge in [-0.15, -0.1) is 0 Å². The quantitative estimate of drug-likeness (QED) is 0.845. The van der Waals surface area contributed by atoms with Gasteiger partial charge in [0.05, 0.1) is 18.3 Å². The highest BCUT2D eigenvalue weighted by molar-refractivity contribution is 7.88. The van der Waals surface area contributed by atoms with E-state index in [0.29, 0.717) is 25.9 Å². The lowest BCUT2D eigenvalue weighted by atomic mass is 9.99. The van der Waals surface area contributed by atoms with E-state index in [4.69, 9.17) is 4.74 Å². The fourth-order valence-corrected chi connectivity index (χ4v) is 3.70. The second kappa shape index (κ2) is 7.98. The number of amides is 1. The summed E-state index contributed by atoms with van der Waals surface area (Å²) in [6, 6.07) is 7.61. The van der Waals surface area contributed by atoms with Gasteiger partial charge in [-0.25, -0.2) is 12.7 Å². The molecule has 0 spiro atoms. The molecule has 24 heavy (non-hydrogen) atoms. The number of rotatable bonds is 6. The molecule has 0 bridgehead atoms. The molecule has 134 valence electrons. The summed E-state index contributed by atoms with van der Waals surface area (Å²) in [5.41, 5.74) is 0.956. The van der Waals surface area contributed by atoms with Gasteiger partial charge in [0, 0.05) is 19.6 Å². The van der Waals surface area contributed by atoms with Crippen molar-refractivity contribution in [3.8, 4) is 5.75 Å². The molecule has 1 aliphatic heterocycles. The van der Waals surface area contributed by atoms with Gasteiger partial charge in [0.1, 0.15) is 5.75 Å². The molecular weight excluding hydrogens is 328 g/mol. The SMILES string of the molecule is CC(C)Oc1cccc(CNC(=O)C2CCCN(S(C)(=O)=O)C2)c1. The normalized spacial score (nSPS) is 19.2. The minimum absolute atomic E-state index is 0.0963. The Morgan fingerprint density at radius 2 is 2.17 bits per heavy atom. The van der Waals surface area contributed by atoms with Gasteiger partial charge in [-0.3, -0.25) is 4.79 Å². The van der Waals surface area contributed by atoms with Crippen LogP contribution in [0.2, 0.25) is 0 Å². The predicted molar refractivity (Wildman–Crippen MR) is 93.2 cm³/mol. The smallest absolute Gasteiger partial charge is 0.224 e. The van der Waals surface area contributed by atoms with Crippen molar-refractivity contribution >= 4 is 15.9 Å². The highest BCUT2D eigenvalue weighted by Crippen LogP contribution is 2.19. The Labute approximate surface area is 144 Å². The molecule has 1 atom stereocenters. The molecule has 0 aliphatic carbocycles. The van der Waals surface area contributed by atoms with E-state index < -0.39 is 10.0 Å². The maximum absolute atomic E-state index is 12.3. The zero-order valence-corrected chi connectivity index (χ0v) is 15.3. The van der Waals surface area contributed by atoms with Crippen LogP contribution in [0.3, 0.4) is 0 Å². The third kappa shape index (κ3) is 5.49. The molecule has 1 unspecified atom stereocenters. The molecule has 0 saturated carbocycles. The van der Waals surface area contributed by atoms with Crippen LogP contribution in [-0.4, -0.2) is 44.1 Å². The number of sulfonamides is 1. The summed E-state index contributed by atoms with van der Waals surface area (Å²) < 4.78 is 30.3. The van der Waals surface area contributed by atoms with Crippen LogP contribution in [0.1, 0.15) is 32.3 Å². The molecule has 1 saturated heterocycles. The Bertz CT molecular complexity index is 673. The summed E-state index contributed by atoms with van der Waals surface area (Å²) in [5, 5.41) is 2.91.